The number of benzene rings is 1. The van der Waals surface area contributed by atoms with E-state index in [9.17, 15) is 0 Å². The van der Waals surface area contributed by atoms with E-state index in [0.717, 1.165) is 15.7 Å². The van der Waals surface area contributed by atoms with Gasteiger partial charge >= 0.3 is 0 Å². The molecule has 1 aromatic carbocycles. The SMILES string of the molecule is S=C1CO[C@H](COc2ccccc2)CS1. The second-order valence-corrected chi connectivity index (χ2v) is 5.11. The first-order valence-corrected chi connectivity index (χ1v) is 6.19. The normalized spacial score (nSPS) is 21.3. The molecule has 2 rings (SSSR count). The standard InChI is InChI=1S/C11H12O2S2/c14-11-7-13-10(8-15-11)6-12-9-4-2-1-3-5-9/h1-5,10H,6-8H2/t10-/m1/s1. The Morgan fingerprint density at radius 3 is 2.87 bits per heavy atom. The quantitative estimate of drug-likeness (QED) is 0.755. The third kappa shape index (κ3) is 3.48. The predicted octanol–water partition coefficient (Wildman–Crippen LogP) is 2.52. The minimum atomic E-state index is 0.155. The maximum atomic E-state index is 5.60. The molecule has 0 amide bonds. The lowest BCUT2D eigenvalue weighted by molar-refractivity contribution is 0.0575. The largest absolute Gasteiger partial charge is 0.491 e. The van der Waals surface area contributed by atoms with Crippen molar-refractivity contribution in [3.63, 3.8) is 0 Å². The lowest BCUT2D eigenvalue weighted by Gasteiger charge is -2.22. The minimum absolute atomic E-state index is 0.155. The summed E-state index contributed by atoms with van der Waals surface area (Å²) < 4.78 is 12.1. The van der Waals surface area contributed by atoms with E-state index in [1.54, 1.807) is 11.8 Å². The Hall–Kier alpha value is -0.580. The van der Waals surface area contributed by atoms with Crippen molar-refractivity contribution in [3.8, 4) is 5.75 Å². The number of thiocarbonyl (C=S) groups is 1. The average molecular weight is 240 g/mol. The lowest BCUT2D eigenvalue weighted by Crippen LogP contribution is -2.30. The molecular weight excluding hydrogens is 228 g/mol. The molecule has 2 nitrogen and oxygen atoms in total. The van der Waals surface area contributed by atoms with Gasteiger partial charge in [-0.05, 0) is 12.1 Å². The van der Waals surface area contributed by atoms with Gasteiger partial charge in [-0.25, -0.2) is 0 Å². The van der Waals surface area contributed by atoms with Gasteiger partial charge < -0.3 is 9.47 Å². The van der Waals surface area contributed by atoms with Crippen molar-refractivity contribution in [2.24, 2.45) is 0 Å². The van der Waals surface area contributed by atoms with Gasteiger partial charge in [0.2, 0.25) is 0 Å². The molecule has 0 N–H and O–H groups in total. The number of rotatable bonds is 3. The third-order valence-electron chi connectivity index (χ3n) is 2.05. The van der Waals surface area contributed by atoms with E-state index in [1.807, 2.05) is 30.3 Å². The molecule has 0 spiro atoms. The van der Waals surface area contributed by atoms with Gasteiger partial charge in [0.25, 0.3) is 0 Å². The highest BCUT2D eigenvalue weighted by atomic mass is 32.2. The van der Waals surface area contributed by atoms with Crippen molar-refractivity contribution in [2.45, 2.75) is 6.10 Å². The maximum Gasteiger partial charge on any atom is 0.119 e. The fourth-order valence-electron chi connectivity index (χ4n) is 1.26. The van der Waals surface area contributed by atoms with Crippen molar-refractivity contribution >= 4 is 28.2 Å². The Labute approximate surface area is 99.0 Å². The van der Waals surface area contributed by atoms with Gasteiger partial charge in [0, 0.05) is 5.75 Å². The number of ether oxygens (including phenoxy) is 2. The summed E-state index contributed by atoms with van der Waals surface area (Å²) >= 11 is 6.72. The summed E-state index contributed by atoms with van der Waals surface area (Å²) in [5.74, 6) is 1.78. The summed E-state index contributed by atoms with van der Waals surface area (Å²) in [4.78, 5) is 0. The van der Waals surface area contributed by atoms with Crippen molar-refractivity contribution in [2.75, 3.05) is 19.0 Å². The molecule has 80 valence electrons. The first-order chi connectivity index (χ1) is 7.34. The number of thioether (sulfide) groups is 1. The van der Waals surface area contributed by atoms with Crippen LogP contribution in [0.5, 0.6) is 5.75 Å². The van der Waals surface area contributed by atoms with E-state index in [0.29, 0.717) is 13.2 Å². The molecule has 0 aliphatic carbocycles. The zero-order valence-electron chi connectivity index (χ0n) is 8.22. The van der Waals surface area contributed by atoms with Gasteiger partial charge in [-0.2, -0.15) is 0 Å². The molecule has 0 aromatic heterocycles. The molecule has 1 fully saturated rings. The van der Waals surface area contributed by atoms with Crippen LogP contribution in [0, 0.1) is 0 Å². The molecule has 1 aliphatic rings. The van der Waals surface area contributed by atoms with Crippen LogP contribution in [0.15, 0.2) is 30.3 Å². The number of para-hydroxylation sites is 1. The molecule has 0 bridgehead atoms. The molecule has 0 saturated carbocycles. The van der Waals surface area contributed by atoms with Crippen LogP contribution in [0.25, 0.3) is 0 Å². The maximum absolute atomic E-state index is 5.60. The second kappa shape index (κ2) is 5.49. The van der Waals surface area contributed by atoms with E-state index < -0.39 is 0 Å². The van der Waals surface area contributed by atoms with Crippen LogP contribution in [0.2, 0.25) is 0 Å². The fourth-order valence-corrected chi connectivity index (χ4v) is 2.25. The molecule has 1 heterocycles. The molecule has 4 heteroatoms. The Bertz CT molecular complexity index is 317. The van der Waals surface area contributed by atoms with Gasteiger partial charge in [0.05, 0.1) is 10.8 Å². The topological polar surface area (TPSA) is 18.5 Å². The average Bonchev–Trinajstić information content (AvgIpc) is 2.30. The lowest BCUT2D eigenvalue weighted by atomic mass is 10.3. The van der Waals surface area contributed by atoms with Crippen LogP contribution >= 0.6 is 24.0 Å². The first kappa shape index (κ1) is 10.9. The molecule has 1 aromatic rings. The van der Waals surface area contributed by atoms with Gasteiger partial charge in [0.1, 0.15) is 18.5 Å². The van der Waals surface area contributed by atoms with Gasteiger partial charge in [-0.1, -0.05) is 30.4 Å². The van der Waals surface area contributed by atoms with Crippen LogP contribution in [-0.4, -0.2) is 29.3 Å². The highest BCUT2D eigenvalue weighted by Crippen LogP contribution is 2.17. The summed E-state index contributed by atoms with van der Waals surface area (Å²) in [6.07, 6.45) is 0.155. The van der Waals surface area contributed by atoms with Gasteiger partial charge in [0.15, 0.2) is 0 Å². The van der Waals surface area contributed by atoms with Gasteiger partial charge in [-0.15, -0.1) is 11.8 Å². The predicted molar refractivity (Wildman–Crippen MR) is 66.7 cm³/mol. The van der Waals surface area contributed by atoms with Gasteiger partial charge in [-0.3, -0.25) is 0 Å². The summed E-state index contributed by atoms with van der Waals surface area (Å²) in [7, 11) is 0. The van der Waals surface area contributed by atoms with Crippen LogP contribution in [0.3, 0.4) is 0 Å². The Morgan fingerprint density at radius 2 is 2.20 bits per heavy atom. The molecular formula is C11H12O2S2. The summed E-state index contributed by atoms with van der Waals surface area (Å²) in [5.41, 5.74) is 0. The molecule has 0 unspecified atom stereocenters. The van der Waals surface area contributed by atoms with E-state index in [4.69, 9.17) is 21.7 Å². The van der Waals surface area contributed by atoms with Crippen molar-refractivity contribution in [1.82, 2.24) is 0 Å². The third-order valence-corrected chi connectivity index (χ3v) is 3.50. The Balaban J connectivity index is 1.77. The molecule has 1 atom stereocenters. The summed E-state index contributed by atoms with van der Waals surface area (Å²) in [6.45, 7) is 1.17. The summed E-state index contributed by atoms with van der Waals surface area (Å²) in [5, 5.41) is 0. The van der Waals surface area contributed by atoms with E-state index in [2.05, 4.69) is 0 Å². The van der Waals surface area contributed by atoms with Crippen LogP contribution < -0.4 is 4.74 Å². The van der Waals surface area contributed by atoms with Crippen molar-refractivity contribution < 1.29 is 9.47 Å². The zero-order valence-corrected chi connectivity index (χ0v) is 9.85. The van der Waals surface area contributed by atoms with E-state index in [1.165, 1.54) is 0 Å². The summed E-state index contributed by atoms with van der Waals surface area (Å²) in [6, 6.07) is 9.78. The molecule has 0 radical (unpaired) electrons. The van der Waals surface area contributed by atoms with E-state index in [-0.39, 0.29) is 6.10 Å². The number of hydrogen-bond acceptors (Lipinski definition) is 4. The zero-order chi connectivity index (χ0) is 10.5. The van der Waals surface area contributed by atoms with Crippen molar-refractivity contribution in [1.29, 1.82) is 0 Å². The van der Waals surface area contributed by atoms with Crippen LogP contribution in [-0.2, 0) is 4.74 Å². The Morgan fingerprint density at radius 1 is 1.40 bits per heavy atom. The first-order valence-electron chi connectivity index (χ1n) is 4.79. The van der Waals surface area contributed by atoms with Crippen LogP contribution in [0.4, 0.5) is 0 Å². The van der Waals surface area contributed by atoms with Crippen LogP contribution in [0.1, 0.15) is 0 Å². The van der Waals surface area contributed by atoms with Crippen molar-refractivity contribution in [3.05, 3.63) is 30.3 Å². The fraction of sp³-hybridized carbons (Fsp3) is 0.364. The minimum Gasteiger partial charge on any atom is -0.491 e. The highest BCUT2D eigenvalue weighted by molar-refractivity contribution is 8.23. The smallest absolute Gasteiger partial charge is 0.119 e. The monoisotopic (exact) mass is 240 g/mol. The molecule has 15 heavy (non-hydrogen) atoms. The second-order valence-electron chi connectivity index (χ2n) is 3.24. The highest BCUT2D eigenvalue weighted by Gasteiger charge is 2.17. The Kier molecular flexibility index (Phi) is 4.00. The molecule has 1 saturated heterocycles. The van der Waals surface area contributed by atoms with E-state index >= 15 is 0 Å². The number of hydrogen-bond donors (Lipinski definition) is 0. The molecule has 1 aliphatic heterocycles.